The monoisotopic (exact) mass is 227 g/mol. The number of aromatic nitrogens is 2. The SMILES string of the molecule is O=c1[nH]ccnc1NCC1CCCC1Cl. The van der Waals surface area contributed by atoms with E-state index < -0.39 is 0 Å². The number of hydrogen-bond acceptors (Lipinski definition) is 3. The summed E-state index contributed by atoms with van der Waals surface area (Å²) in [7, 11) is 0. The smallest absolute Gasteiger partial charge is 0.290 e. The van der Waals surface area contributed by atoms with Gasteiger partial charge in [0.15, 0.2) is 5.82 Å². The fraction of sp³-hybridized carbons (Fsp3) is 0.600. The van der Waals surface area contributed by atoms with Gasteiger partial charge in [0, 0.05) is 24.3 Å². The number of halogens is 1. The van der Waals surface area contributed by atoms with E-state index in [1.54, 1.807) is 6.20 Å². The van der Waals surface area contributed by atoms with E-state index in [-0.39, 0.29) is 10.9 Å². The van der Waals surface area contributed by atoms with Crippen LogP contribution in [0.3, 0.4) is 0 Å². The molecule has 2 rings (SSSR count). The fourth-order valence-corrected chi connectivity index (χ4v) is 2.30. The second kappa shape index (κ2) is 4.66. The molecule has 0 aromatic carbocycles. The molecule has 1 heterocycles. The Morgan fingerprint density at radius 3 is 3.13 bits per heavy atom. The van der Waals surface area contributed by atoms with E-state index in [2.05, 4.69) is 15.3 Å². The van der Waals surface area contributed by atoms with Gasteiger partial charge in [-0.1, -0.05) is 6.42 Å². The molecule has 1 aliphatic rings. The predicted octanol–water partition coefficient (Wildman–Crippen LogP) is 1.59. The molecule has 15 heavy (non-hydrogen) atoms. The van der Waals surface area contributed by atoms with Crippen LogP contribution in [-0.4, -0.2) is 21.9 Å². The fourth-order valence-electron chi connectivity index (χ4n) is 1.93. The van der Waals surface area contributed by atoms with Crippen LogP contribution in [0, 0.1) is 5.92 Å². The van der Waals surface area contributed by atoms with E-state index >= 15 is 0 Å². The standard InChI is InChI=1S/C10H14ClN3O/c11-8-3-1-2-7(8)6-14-9-10(15)13-5-4-12-9/h4-5,7-8H,1-3,6H2,(H,12,14)(H,13,15). The molecule has 0 radical (unpaired) electrons. The summed E-state index contributed by atoms with van der Waals surface area (Å²) in [5.74, 6) is 0.835. The third-order valence-electron chi connectivity index (χ3n) is 2.81. The van der Waals surface area contributed by atoms with Gasteiger partial charge in [-0.3, -0.25) is 4.79 Å². The van der Waals surface area contributed by atoms with Crippen LogP contribution >= 0.6 is 11.6 Å². The highest BCUT2D eigenvalue weighted by molar-refractivity contribution is 6.20. The second-order valence-corrected chi connectivity index (χ2v) is 4.42. The summed E-state index contributed by atoms with van der Waals surface area (Å²) in [6.45, 7) is 0.730. The Hall–Kier alpha value is -1.03. The Morgan fingerprint density at radius 2 is 2.47 bits per heavy atom. The first-order valence-corrected chi connectivity index (χ1v) is 5.62. The van der Waals surface area contributed by atoms with Crippen LogP contribution in [0.15, 0.2) is 17.2 Å². The van der Waals surface area contributed by atoms with Crippen molar-refractivity contribution < 1.29 is 0 Å². The quantitative estimate of drug-likeness (QED) is 0.771. The highest BCUT2D eigenvalue weighted by Gasteiger charge is 2.25. The molecule has 1 saturated carbocycles. The van der Waals surface area contributed by atoms with Gasteiger partial charge in [0.2, 0.25) is 0 Å². The summed E-state index contributed by atoms with van der Waals surface area (Å²) in [5.41, 5.74) is -0.179. The molecule has 2 unspecified atom stereocenters. The zero-order valence-corrected chi connectivity index (χ0v) is 9.13. The van der Waals surface area contributed by atoms with Crippen LogP contribution < -0.4 is 10.9 Å². The number of alkyl halides is 1. The minimum Gasteiger partial charge on any atom is -0.365 e. The average Bonchev–Trinajstić information content (AvgIpc) is 2.63. The summed E-state index contributed by atoms with van der Waals surface area (Å²) in [6, 6.07) is 0. The summed E-state index contributed by atoms with van der Waals surface area (Å²) in [4.78, 5) is 17.8. The van der Waals surface area contributed by atoms with Gasteiger partial charge in [-0.25, -0.2) is 4.98 Å². The van der Waals surface area contributed by atoms with E-state index in [0.717, 1.165) is 19.4 Å². The Balaban J connectivity index is 1.93. The largest absolute Gasteiger partial charge is 0.365 e. The van der Waals surface area contributed by atoms with Gasteiger partial charge in [0.25, 0.3) is 5.56 Å². The van der Waals surface area contributed by atoms with Gasteiger partial charge in [0.1, 0.15) is 0 Å². The van der Waals surface area contributed by atoms with Crippen molar-refractivity contribution >= 4 is 17.4 Å². The van der Waals surface area contributed by atoms with Gasteiger partial charge in [0.05, 0.1) is 0 Å². The number of H-pyrrole nitrogens is 1. The lowest BCUT2D eigenvalue weighted by molar-refractivity contribution is 0.585. The molecular formula is C10H14ClN3O. The molecule has 2 atom stereocenters. The lowest BCUT2D eigenvalue weighted by Gasteiger charge is -2.13. The maximum absolute atomic E-state index is 11.3. The Bertz CT molecular complexity index is 379. The van der Waals surface area contributed by atoms with E-state index in [0.29, 0.717) is 11.7 Å². The minimum atomic E-state index is -0.179. The van der Waals surface area contributed by atoms with Gasteiger partial charge in [-0.2, -0.15) is 0 Å². The molecule has 0 spiro atoms. The first-order chi connectivity index (χ1) is 7.27. The van der Waals surface area contributed by atoms with Gasteiger partial charge < -0.3 is 10.3 Å². The molecule has 1 aromatic rings. The molecule has 1 aliphatic carbocycles. The molecule has 5 heteroatoms. The first-order valence-electron chi connectivity index (χ1n) is 5.19. The van der Waals surface area contributed by atoms with Crippen molar-refractivity contribution in [2.45, 2.75) is 24.6 Å². The molecule has 2 N–H and O–H groups in total. The van der Waals surface area contributed by atoms with Crippen LogP contribution in [0.2, 0.25) is 0 Å². The van der Waals surface area contributed by atoms with Gasteiger partial charge in [-0.05, 0) is 18.8 Å². The number of nitrogens with one attached hydrogen (secondary N) is 2. The van der Waals surface area contributed by atoms with E-state index in [1.807, 2.05) is 0 Å². The molecule has 0 saturated heterocycles. The first kappa shape index (κ1) is 10.5. The molecule has 1 fully saturated rings. The summed E-state index contributed by atoms with van der Waals surface area (Å²) in [5, 5.41) is 3.28. The number of hydrogen-bond donors (Lipinski definition) is 2. The van der Waals surface area contributed by atoms with Crippen LogP contribution in [0.4, 0.5) is 5.82 Å². The van der Waals surface area contributed by atoms with Crippen LogP contribution in [0.25, 0.3) is 0 Å². The number of nitrogens with zero attached hydrogens (tertiary/aromatic N) is 1. The summed E-state index contributed by atoms with van der Waals surface area (Å²) >= 11 is 6.14. The average molecular weight is 228 g/mol. The minimum absolute atomic E-state index is 0.179. The topological polar surface area (TPSA) is 57.8 Å². The van der Waals surface area contributed by atoms with Crippen LogP contribution in [-0.2, 0) is 0 Å². The molecule has 0 aliphatic heterocycles. The molecule has 0 bridgehead atoms. The van der Waals surface area contributed by atoms with E-state index in [1.165, 1.54) is 12.6 Å². The predicted molar refractivity (Wildman–Crippen MR) is 60.3 cm³/mol. The van der Waals surface area contributed by atoms with Crippen molar-refractivity contribution in [1.82, 2.24) is 9.97 Å². The van der Waals surface area contributed by atoms with Crippen molar-refractivity contribution in [2.75, 3.05) is 11.9 Å². The van der Waals surface area contributed by atoms with Crippen molar-refractivity contribution in [3.63, 3.8) is 0 Å². The lowest BCUT2D eigenvalue weighted by atomic mass is 10.1. The number of aromatic amines is 1. The van der Waals surface area contributed by atoms with Crippen LogP contribution in [0.5, 0.6) is 0 Å². The Kier molecular flexibility index (Phi) is 3.26. The zero-order chi connectivity index (χ0) is 10.7. The molecule has 1 aromatic heterocycles. The summed E-state index contributed by atoms with van der Waals surface area (Å²) < 4.78 is 0. The lowest BCUT2D eigenvalue weighted by Crippen LogP contribution is -2.23. The molecule has 0 amide bonds. The van der Waals surface area contributed by atoms with Crippen molar-refractivity contribution in [3.8, 4) is 0 Å². The highest BCUT2D eigenvalue weighted by atomic mass is 35.5. The second-order valence-electron chi connectivity index (χ2n) is 3.85. The third kappa shape index (κ3) is 2.50. The van der Waals surface area contributed by atoms with Gasteiger partial charge >= 0.3 is 0 Å². The summed E-state index contributed by atoms with van der Waals surface area (Å²) in [6.07, 6.45) is 6.47. The maximum Gasteiger partial charge on any atom is 0.290 e. The number of anilines is 1. The van der Waals surface area contributed by atoms with Crippen LogP contribution in [0.1, 0.15) is 19.3 Å². The van der Waals surface area contributed by atoms with Crippen molar-refractivity contribution in [2.24, 2.45) is 5.92 Å². The highest BCUT2D eigenvalue weighted by Crippen LogP contribution is 2.29. The molecule has 82 valence electrons. The van der Waals surface area contributed by atoms with E-state index in [9.17, 15) is 4.79 Å². The third-order valence-corrected chi connectivity index (χ3v) is 3.38. The van der Waals surface area contributed by atoms with Crippen molar-refractivity contribution in [3.05, 3.63) is 22.7 Å². The Labute approximate surface area is 93.1 Å². The van der Waals surface area contributed by atoms with E-state index in [4.69, 9.17) is 11.6 Å². The molecule has 4 nitrogen and oxygen atoms in total. The maximum atomic E-state index is 11.3. The zero-order valence-electron chi connectivity index (χ0n) is 8.37. The van der Waals surface area contributed by atoms with Gasteiger partial charge in [-0.15, -0.1) is 11.6 Å². The Morgan fingerprint density at radius 1 is 1.60 bits per heavy atom. The molecular weight excluding hydrogens is 214 g/mol. The number of rotatable bonds is 3. The van der Waals surface area contributed by atoms with Crippen molar-refractivity contribution in [1.29, 1.82) is 0 Å². The normalized spacial score (nSPS) is 25.4.